The molecule has 0 radical (unpaired) electrons. The lowest BCUT2D eigenvalue weighted by molar-refractivity contribution is -0.137. The lowest BCUT2D eigenvalue weighted by atomic mass is 9.85. The SMILES string of the molecule is CC(CC(=O)O)NC(=O)C1CC1C1CCCCC1. The Bertz CT molecular complexity index is 323. The van der Waals surface area contributed by atoms with Gasteiger partial charge in [0.05, 0.1) is 6.42 Å². The standard InChI is InChI=1S/C14H23NO3/c1-9(7-13(16)17)15-14(18)12-8-11(12)10-5-3-2-4-6-10/h9-12H,2-8H2,1H3,(H,15,18)(H,16,17). The number of nitrogens with one attached hydrogen (secondary N) is 1. The number of carboxylic acid groups (broad SMARTS) is 1. The van der Waals surface area contributed by atoms with Crippen LogP contribution in [0.4, 0.5) is 0 Å². The van der Waals surface area contributed by atoms with E-state index in [0.29, 0.717) is 5.92 Å². The highest BCUT2D eigenvalue weighted by molar-refractivity contribution is 5.82. The molecule has 0 aliphatic heterocycles. The Morgan fingerprint density at radius 2 is 1.94 bits per heavy atom. The van der Waals surface area contributed by atoms with Crippen molar-refractivity contribution in [2.24, 2.45) is 17.8 Å². The van der Waals surface area contributed by atoms with Crippen molar-refractivity contribution < 1.29 is 14.7 Å². The Morgan fingerprint density at radius 1 is 1.28 bits per heavy atom. The molecule has 0 saturated heterocycles. The van der Waals surface area contributed by atoms with Crippen molar-refractivity contribution in [2.45, 2.75) is 57.9 Å². The maximum absolute atomic E-state index is 11.9. The summed E-state index contributed by atoms with van der Waals surface area (Å²) in [5.41, 5.74) is 0. The predicted molar refractivity (Wildman–Crippen MR) is 68.0 cm³/mol. The zero-order valence-corrected chi connectivity index (χ0v) is 11.0. The van der Waals surface area contributed by atoms with E-state index < -0.39 is 5.97 Å². The van der Waals surface area contributed by atoms with Crippen LogP contribution in [-0.4, -0.2) is 23.0 Å². The summed E-state index contributed by atoms with van der Waals surface area (Å²) in [6.45, 7) is 1.75. The molecule has 2 aliphatic carbocycles. The molecule has 3 unspecified atom stereocenters. The Morgan fingerprint density at radius 3 is 2.56 bits per heavy atom. The third-order valence-corrected chi connectivity index (χ3v) is 4.30. The van der Waals surface area contributed by atoms with Crippen LogP contribution in [0.25, 0.3) is 0 Å². The van der Waals surface area contributed by atoms with Crippen LogP contribution in [0.3, 0.4) is 0 Å². The van der Waals surface area contributed by atoms with E-state index in [1.165, 1.54) is 32.1 Å². The second-order valence-corrected chi connectivity index (χ2v) is 5.91. The van der Waals surface area contributed by atoms with E-state index in [9.17, 15) is 9.59 Å². The zero-order valence-electron chi connectivity index (χ0n) is 11.0. The average Bonchev–Trinajstić information content (AvgIpc) is 3.08. The highest BCUT2D eigenvalue weighted by Gasteiger charge is 2.47. The Labute approximate surface area is 108 Å². The third-order valence-electron chi connectivity index (χ3n) is 4.30. The molecule has 0 bridgehead atoms. The van der Waals surface area contributed by atoms with Gasteiger partial charge in [0.1, 0.15) is 0 Å². The maximum atomic E-state index is 11.9. The predicted octanol–water partition coefficient (Wildman–Crippen LogP) is 2.18. The Kier molecular flexibility index (Phi) is 4.25. The average molecular weight is 253 g/mol. The molecule has 4 heteroatoms. The van der Waals surface area contributed by atoms with Crippen molar-refractivity contribution in [3.8, 4) is 0 Å². The van der Waals surface area contributed by atoms with Crippen molar-refractivity contribution in [1.29, 1.82) is 0 Å². The summed E-state index contributed by atoms with van der Waals surface area (Å²) in [4.78, 5) is 22.5. The smallest absolute Gasteiger partial charge is 0.305 e. The van der Waals surface area contributed by atoms with E-state index in [0.717, 1.165) is 12.3 Å². The quantitative estimate of drug-likeness (QED) is 0.789. The fourth-order valence-corrected chi connectivity index (χ4v) is 3.26. The van der Waals surface area contributed by atoms with Gasteiger partial charge in [0.2, 0.25) is 5.91 Å². The highest BCUT2D eigenvalue weighted by atomic mass is 16.4. The van der Waals surface area contributed by atoms with Gasteiger partial charge in [-0.2, -0.15) is 0 Å². The van der Waals surface area contributed by atoms with Crippen molar-refractivity contribution in [1.82, 2.24) is 5.32 Å². The van der Waals surface area contributed by atoms with E-state index in [4.69, 9.17) is 5.11 Å². The first-order chi connectivity index (χ1) is 8.58. The van der Waals surface area contributed by atoms with Crippen LogP contribution in [-0.2, 0) is 9.59 Å². The number of hydrogen-bond donors (Lipinski definition) is 2. The molecule has 0 spiro atoms. The van der Waals surface area contributed by atoms with Crippen LogP contribution in [0.15, 0.2) is 0 Å². The van der Waals surface area contributed by atoms with E-state index in [1.54, 1.807) is 6.92 Å². The lowest BCUT2D eigenvalue weighted by Crippen LogP contribution is -2.35. The summed E-state index contributed by atoms with van der Waals surface area (Å²) >= 11 is 0. The fraction of sp³-hybridized carbons (Fsp3) is 0.857. The molecule has 2 fully saturated rings. The third kappa shape index (κ3) is 3.47. The molecule has 2 rings (SSSR count). The molecule has 2 aliphatic rings. The van der Waals surface area contributed by atoms with Crippen LogP contribution in [0.5, 0.6) is 0 Å². The van der Waals surface area contributed by atoms with Crippen LogP contribution in [0, 0.1) is 17.8 Å². The minimum absolute atomic E-state index is 0.00650. The van der Waals surface area contributed by atoms with Gasteiger partial charge < -0.3 is 10.4 Å². The molecule has 0 aromatic heterocycles. The summed E-state index contributed by atoms with van der Waals surface area (Å²) in [7, 11) is 0. The second-order valence-electron chi connectivity index (χ2n) is 5.91. The molecule has 18 heavy (non-hydrogen) atoms. The van der Waals surface area contributed by atoms with Gasteiger partial charge in [-0.05, 0) is 25.2 Å². The maximum Gasteiger partial charge on any atom is 0.305 e. The van der Waals surface area contributed by atoms with Gasteiger partial charge in [-0.15, -0.1) is 0 Å². The normalized spacial score (nSPS) is 29.6. The van der Waals surface area contributed by atoms with Gasteiger partial charge in [-0.25, -0.2) is 0 Å². The van der Waals surface area contributed by atoms with E-state index in [-0.39, 0.29) is 24.3 Å². The molecule has 0 heterocycles. The number of carbonyl (C=O) groups is 2. The van der Waals surface area contributed by atoms with Crippen LogP contribution >= 0.6 is 0 Å². The van der Waals surface area contributed by atoms with Gasteiger partial charge in [0, 0.05) is 12.0 Å². The summed E-state index contributed by atoms with van der Waals surface area (Å²) in [6, 6.07) is -0.261. The summed E-state index contributed by atoms with van der Waals surface area (Å²) in [5, 5.41) is 11.5. The minimum atomic E-state index is -0.859. The van der Waals surface area contributed by atoms with E-state index in [2.05, 4.69) is 5.32 Å². The lowest BCUT2D eigenvalue weighted by Gasteiger charge is -2.21. The Hall–Kier alpha value is -1.06. The highest BCUT2D eigenvalue weighted by Crippen LogP contribution is 2.49. The molecule has 0 aromatic carbocycles. The molecule has 4 nitrogen and oxygen atoms in total. The molecular formula is C14H23NO3. The second kappa shape index (κ2) is 5.72. The fourth-order valence-electron chi connectivity index (χ4n) is 3.26. The molecule has 2 N–H and O–H groups in total. The van der Waals surface area contributed by atoms with Crippen molar-refractivity contribution in [2.75, 3.05) is 0 Å². The van der Waals surface area contributed by atoms with Gasteiger partial charge in [0.15, 0.2) is 0 Å². The monoisotopic (exact) mass is 253 g/mol. The summed E-state index contributed by atoms with van der Waals surface area (Å²) < 4.78 is 0. The van der Waals surface area contributed by atoms with E-state index >= 15 is 0 Å². The molecule has 2 saturated carbocycles. The number of carbonyl (C=O) groups excluding carboxylic acids is 1. The van der Waals surface area contributed by atoms with Crippen LogP contribution in [0.1, 0.15) is 51.9 Å². The largest absolute Gasteiger partial charge is 0.481 e. The Balaban J connectivity index is 1.73. The van der Waals surface area contributed by atoms with Crippen molar-refractivity contribution >= 4 is 11.9 Å². The van der Waals surface area contributed by atoms with Crippen LogP contribution in [0.2, 0.25) is 0 Å². The number of amides is 1. The molecule has 102 valence electrons. The van der Waals surface area contributed by atoms with Gasteiger partial charge in [0.25, 0.3) is 0 Å². The summed E-state index contributed by atoms with van der Waals surface area (Å²) in [6.07, 6.45) is 7.53. The van der Waals surface area contributed by atoms with Gasteiger partial charge in [-0.1, -0.05) is 32.1 Å². The zero-order chi connectivity index (χ0) is 13.1. The first-order valence-corrected chi connectivity index (χ1v) is 7.10. The van der Waals surface area contributed by atoms with E-state index in [1.807, 2.05) is 0 Å². The van der Waals surface area contributed by atoms with Gasteiger partial charge >= 0.3 is 5.97 Å². The minimum Gasteiger partial charge on any atom is -0.481 e. The van der Waals surface area contributed by atoms with Gasteiger partial charge in [-0.3, -0.25) is 9.59 Å². The number of aliphatic carboxylic acids is 1. The van der Waals surface area contributed by atoms with Crippen LogP contribution < -0.4 is 5.32 Å². The van der Waals surface area contributed by atoms with Crippen molar-refractivity contribution in [3.05, 3.63) is 0 Å². The first kappa shape index (κ1) is 13.4. The molecule has 0 aromatic rings. The van der Waals surface area contributed by atoms with Crippen molar-refractivity contribution in [3.63, 3.8) is 0 Å². The number of rotatable bonds is 5. The topological polar surface area (TPSA) is 66.4 Å². The molecular weight excluding hydrogens is 230 g/mol. The summed E-state index contributed by atoms with van der Waals surface area (Å²) in [5.74, 6) is 0.678. The molecule has 1 amide bonds. The number of carboxylic acids is 1. The number of hydrogen-bond acceptors (Lipinski definition) is 2. The molecule has 3 atom stereocenters. The first-order valence-electron chi connectivity index (χ1n) is 7.10.